The molecular formula is C8H11I. The molecule has 0 amide bonds. The van der Waals surface area contributed by atoms with E-state index in [1.165, 1.54) is 4.43 Å². The van der Waals surface area contributed by atoms with Gasteiger partial charge in [-0.1, -0.05) is 59.5 Å². The van der Waals surface area contributed by atoms with Gasteiger partial charge in [-0.15, -0.1) is 0 Å². The van der Waals surface area contributed by atoms with Crippen molar-refractivity contribution in [2.45, 2.75) is 6.42 Å². The van der Waals surface area contributed by atoms with Crippen molar-refractivity contribution in [2.75, 3.05) is 4.43 Å². The Morgan fingerprint density at radius 1 is 1.22 bits per heavy atom. The van der Waals surface area contributed by atoms with Crippen molar-refractivity contribution < 1.29 is 0 Å². The Bertz CT molecular complexity index is 112. The van der Waals surface area contributed by atoms with Gasteiger partial charge in [0.1, 0.15) is 0 Å². The highest BCUT2D eigenvalue weighted by molar-refractivity contribution is 14.1. The minimum absolute atomic E-state index is 1.15. The summed E-state index contributed by atoms with van der Waals surface area (Å²) in [5, 5.41) is 0. The molecule has 0 radical (unpaired) electrons. The highest BCUT2D eigenvalue weighted by Crippen LogP contribution is 1.89. The fraction of sp³-hybridized carbons (Fsp3) is 0.250. The summed E-state index contributed by atoms with van der Waals surface area (Å²) >= 11 is 2.35. The van der Waals surface area contributed by atoms with Crippen LogP contribution in [0.3, 0.4) is 0 Å². The smallest absolute Gasteiger partial charge is 0.00300 e. The Morgan fingerprint density at radius 2 is 2.00 bits per heavy atom. The van der Waals surface area contributed by atoms with E-state index in [0.717, 1.165) is 6.42 Å². The average Bonchev–Trinajstić information content (AvgIpc) is 1.89. The first-order valence-electron chi connectivity index (χ1n) is 2.92. The summed E-state index contributed by atoms with van der Waals surface area (Å²) in [5.41, 5.74) is 0. The van der Waals surface area contributed by atoms with Crippen molar-refractivity contribution in [1.82, 2.24) is 0 Å². The molecule has 0 aliphatic heterocycles. The first kappa shape index (κ1) is 8.95. The summed E-state index contributed by atoms with van der Waals surface area (Å²) in [6, 6.07) is 0. The van der Waals surface area contributed by atoms with E-state index in [4.69, 9.17) is 0 Å². The Labute approximate surface area is 70.5 Å². The van der Waals surface area contributed by atoms with Crippen LogP contribution in [0, 0.1) is 0 Å². The molecule has 0 N–H and O–H groups in total. The van der Waals surface area contributed by atoms with Gasteiger partial charge >= 0.3 is 0 Å². The minimum Gasteiger partial charge on any atom is -0.0991 e. The summed E-state index contributed by atoms with van der Waals surface area (Å²) < 4.78 is 1.19. The van der Waals surface area contributed by atoms with E-state index in [1.54, 1.807) is 6.08 Å². The number of allylic oxidation sites excluding steroid dienone is 5. The van der Waals surface area contributed by atoms with Gasteiger partial charge in [-0.2, -0.15) is 0 Å². The van der Waals surface area contributed by atoms with Crippen molar-refractivity contribution in [3.63, 3.8) is 0 Å². The van der Waals surface area contributed by atoms with Gasteiger partial charge in [0, 0.05) is 4.43 Å². The van der Waals surface area contributed by atoms with Crippen LogP contribution < -0.4 is 0 Å². The van der Waals surface area contributed by atoms with Crippen molar-refractivity contribution in [1.29, 1.82) is 0 Å². The second-order valence-corrected chi connectivity index (χ2v) is 2.61. The zero-order valence-electron chi connectivity index (χ0n) is 5.39. The third-order valence-electron chi connectivity index (χ3n) is 0.770. The van der Waals surface area contributed by atoms with Gasteiger partial charge in [-0.3, -0.25) is 0 Å². The van der Waals surface area contributed by atoms with E-state index in [-0.39, 0.29) is 0 Å². The normalized spacial score (nSPS) is 11.2. The maximum absolute atomic E-state index is 3.56. The van der Waals surface area contributed by atoms with E-state index in [0.29, 0.717) is 0 Å². The summed E-state index contributed by atoms with van der Waals surface area (Å²) in [6.45, 7) is 3.56. The Morgan fingerprint density at radius 3 is 2.56 bits per heavy atom. The summed E-state index contributed by atoms with van der Waals surface area (Å²) in [7, 11) is 0. The molecule has 0 aromatic heterocycles. The Hall–Kier alpha value is -0.0500. The van der Waals surface area contributed by atoms with Crippen LogP contribution >= 0.6 is 22.6 Å². The van der Waals surface area contributed by atoms with Crippen LogP contribution in [0.4, 0.5) is 0 Å². The fourth-order valence-corrected chi connectivity index (χ4v) is 0.740. The molecule has 0 spiro atoms. The van der Waals surface area contributed by atoms with Gasteiger partial charge in [-0.05, 0) is 6.42 Å². The van der Waals surface area contributed by atoms with E-state index in [9.17, 15) is 0 Å². The quantitative estimate of drug-likeness (QED) is 0.398. The summed E-state index contributed by atoms with van der Waals surface area (Å²) in [6.07, 6.45) is 11.0. The second-order valence-electron chi connectivity index (χ2n) is 1.53. The SMILES string of the molecule is C=C/C=C\C=C/CCI. The molecule has 0 aliphatic carbocycles. The largest absolute Gasteiger partial charge is 0.0991 e. The lowest BCUT2D eigenvalue weighted by Gasteiger charge is -1.77. The van der Waals surface area contributed by atoms with Gasteiger partial charge in [0.25, 0.3) is 0 Å². The van der Waals surface area contributed by atoms with Gasteiger partial charge < -0.3 is 0 Å². The molecule has 0 atom stereocenters. The van der Waals surface area contributed by atoms with Gasteiger partial charge in [0.05, 0.1) is 0 Å². The highest BCUT2D eigenvalue weighted by atomic mass is 127. The highest BCUT2D eigenvalue weighted by Gasteiger charge is 1.68. The molecule has 9 heavy (non-hydrogen) atoms. The number of hydrogen-bond acceptors (Lipinski definition) is 0. The summed E-state index contributed by atoms with van der Waals surface area (Å²) in [4.78, 5) is 0. The molecule has 0 nitrogen and oxygen atoms in total. The lowest BCUT2D eigenvalue weighted by atomic mass is 10.4. The van der Waals surface area contributed by atoms with Crippen LogP contribution in [0.1, 0.15) is 6.42 Å². The average molecular weight is 234 g/mol. The molecule has 0 saturated heterocycles. The van der Waals surface area contributed by atoms with E-state index >= 15 is 0 Å². The predicted molar refractivity (Wildman–Crippen MR) is 52.0 cm³/mol. The van der Waals surface area contributed by atoms with Crippen LogP contribution in [0.25, 0.3) is 0 Å². The van der Waals surface area contributed by atoms with E-state index < -0.39 is 0 Å². The molecule has 0 aromatic rings. The Kier molecular flexibility index (Phi) is 7.91. The number of rotatable bonds is 4. The zero-order chi connectivity index (χ0) is 6.95. The van der Waals surface area contributed by atoms with Crippen LogP contribution in [0.2, 0.25) is 0 Å². The second kappa shape index (κ2) is 7.95. The van der Waals surface area contributed by atoms with Gasteiger partial charge in [-0.25, -0.2) is 0 Å². The molecule has 1 heteroatoms. The third-order valence-corrected chi connectivity index (χ3v) is 1.39. The van der Waals surface area contributed by atoms with Crippen molar-refractivity contribution in [3.05, 3.63) is 37.0 Å². The first-order chi connectivity index (χ1) is 4.41. The molecule has 0 fully saturated rings. The number of alkyl halides is 1. The molecule has 0 aliphatic rings. The standard InChI is InChI=1S/C8H11I/c1-2-3-4-5-6-7-8-9/h2-6H,1,7-8H2/b4-3-,6-5-. The van der Waals surface area contributed by atoms with Crippen molar-refractivity contribution in [3.8, 4) is 0 Å². The predicted octanol–water partition coefficient (Wildman–Crippen LogP) is 3.11. The molecule has 50 valence electrons. The molecular weight excluding hydrogens is 223 g/mol. The maximum Gasteiger partial charge on any atom is 0.00300 e. The maximum atomic E-state index is 3.56. The van der Waals surface area contributed by atoms with Crippen LogP contribution in [0.5, 0.6) is 0 Å². The van der Waals surface area contributed by atoms with Gasteiger partial charge in [0.15, 0.2) is 0 Å². The van der Waals surface area contributed by atoms with Crippen LogP contribution in [-0.4, -0.2) is 4.43 Å². The van der Waals surface area contributed by atoms with E-state index in [1.807, 2.05) is 18.2 Å². The number of hydrogen-bond donors (Lipinski definition) is 0. The van der Waals surface area contributed by atoms with Crippen LogP contribution in [0.15, 0.2) is 37.0 Å². The molecule has 0 saturated carbocycles. The third kappa shape index (κ3) is 7.95. The molecule has 0 unspecified atom stereocenters. The lowest BCUT2D eigenvalue weighted by molar-refractivity contribution is 1.28. The van der Waals surface area contributed by atoms with Crippen molar-refractivity contribution in [2.24, 2.45) is 0 Å². The van der Waals surface area contributed by atoms with Crippen molar-refractivity contribution >= 4 is 22.6 Å². The lowest BCUT2D eigenvalue weighted by Crippen LogP contribution is -1.62. The molecule has 0 bridgehead atoms. The minimum atomic E-state index is 1.15. The topological polar surface area (TPSA) is 0 Å². The molecule has 0 rings (SSSR count). The van der Waals surface area contributed by atoms with E-state index in [2.05, 4.69) is 35.2 Å². The summed E-state index contributed by atoms with van der Waals surface area (Å²) in [5.74, 6) is 0. The first-order valence-corrected chi connectivity index (χ1v) is 4.44. The van der Waals surface area contributed by atoms with Gasteiger partial charge in [0.2, 0.25) is 0 Å². The number of halogens is 1. The van der Waals surface area contributed by atoms with Crippen LogP contribution in [-0.2, 0) is 0 Å². The fourth-order valence-electron chi connectivity index (χ4n) is 0.381. The molecule has 0 heterocycles. The molecule has 0 aromatic carbocycles. The zero-order valence-corrected chi connectivity index (χ0v) is 7.54. The Balaban J connectivity index is 3.23. The monoisotopic (exact) mass is 234 g/mol.